The van der Waals surface area contributed by atoms with Crippen LogP contribution in [-0.4, -0.2) is 36.7 Å². The third-order valence-corrected chi connectivity index (χ3v) is 1.08. The maximum absolute atomic E-state index is 9.69. The molecule has 7 heteroatoms. The molecule has 0 N–H and O–H groups in total. The fourth-order valence-corrected chi connectivity index (χ4v) is 0. The third-order valence-electron chi connectivity index (χ3n) is 0.207. The summed E-state index contributed by atoms with van der Waals surface area (Å²) in [5, 5.41) is 9.69. The Bertz CT molecular complexity index is 89.8. The van der Waals surface area contributed by atoms with Crippen LogP contribution in [0, 0.1) is 10.1 Å². The van der Waals surface area contributed by atoms with Gasteiger partial charge in [-0.2, -0.15) is 0 Å². The van der Waals surface area contributed by atoms with Crippen LogP contribution in [0.1, 0.15) is 0 Å². The van der Waals surface area contributed by atoms with Gasteiger partial charge in [0.2, 0.25) is 0 Å². The van der Waals surface area contributed by atoms with Crippen LogP contribution in [0.2, 0.25) is 0 Å². The standard InChI is InChI=1S/CBr3NO2.Na.H/c2-1(3,4)5(6)7;;. The molecule has 0 saturated carbocycles. The van der Waals surface area contributed by atoms with Gasteiger partial charge in [-0.25, -0.2) is 0 Å². The Kier molecular flexibility index (Phi) is 7.23. The Hall–Kier alpha value is 1.84. The van der Waals surface area contributed by atoms with Crippen LogP contribution in [0.4, 0.5) is 0 Å². The molecule has 0 bridgehead atoms. The monoisotopic (exact) mass is 319 g/mol. The summed E-state index contributed by atoms with van der Waals surface area (Å²) in [5.74, 6) is 0. The number of hydrogen-bond donors (Lipinski definition) is 0. The molecule has 3 nitrogen and oxygen atoms in total. The maximum atomic E-state index is 9.69. The van der Waals surface area contributed by atoms with Gasteiger partial charge in [0.15, 0.2) is 0 Å². The molecule has 0 spiro atoms. The van der Waals surface area contributed by atoms with E-state index in [1.54, 1.807) is 0 Å². The number of hydrogen-bond acceptors (Lipinski definition) is 2. The van der Waals surface area contributed by atoms with Crippen molar-refractivity contribution in [2.24, 2.45) is 0 Å². The Morgan fingerprint density at radius 1 is 1.38 bits per heavy atom. The Labute approximate surface area is 93.4 Å². The molecule has 0 aromatic heterocycles. The van der Waals surface area contributed by atoms with Crippen molar-refractivity contribution in [1.29, 1.82) is 0 Å². The summed E-state index contributed by atoms with van der Waals surface area (Å²) in [6, 6.07) is 0. The van der Waals surface area contributed by atoms with Crippen molar-refractivity contribution in [3.63, 3.8) is 0 Å². The second-order valence-electron chi connectivity index (χ2n) is 0.725. The number of rotatable bonds is 0. The molecule has 0 radical (unpaired) electrons. The van der Waals surface area contributed by atoms with Crippen LogP contribution >= 0.6 is 47.8 Å². The van der Waals surface area contributed by atoms with Crippen LogP contribution in [0.25, 0.3) is 0 Å². The zero-order chi connectivity index (χ0) is 6.08. The molecule has 0 amide bonds. The van der Waals surface area contributed by atoms with Crippen molar-refractivity contribution in [2.45, 2.75) is 2.27 Å². The molecule has 0 heterocycles. The van der Waals surface area contributed by atoms with E-state index in [4.69, 9.17) is 0 Å². The van der Waals surface area contributed by atoms with Crippen molar-refractivity contribution < 1.29 is 4.92 Å². The van der Waals surface area contributed by atoms with Gasteiger partial charge in [0.05, 0.1) is 4.92 Å². The first-order valence-corrected chi connectivity index (χ1v) is 3.53. The molecule has 0 aromatic rings. The molecule has 44 valence electrons. The molecule has 0 unspecified atom stereocenters. The summed E-state index contributed by atoms with van der Waals surface area (Å²) in [5.41, 5.74) is 0. The normalized spacial score (nSPS) is 9.88. The fraction of sp³-hybridized carbons (Fsp3) is 1.00. The van der Waals surface area contributed by atoms with E-state index in [-0.39, 0.29) is 29.6 Å². The van der Waals surface area contributed by atoms with Gasteiger partial charge in [-0.1, -0.05) is 0 Å². The zero-order valence-corrected chi connectivity index (χ0v) is 7.66. The van der Waals surface area contributed by atoms with E-state index in [0.717, 1.165) is 0 Å². The minimum absolute atomic E-state index is 0. The molecule has 0 aromatic carbocycles. The van der Waals surface area contributed by atoms with E-state index in [1.807, 2.05) is 0 Å². The van der Waals surface area contributed by atoms with Crippen molar-refractivity contribution in [3.05, 3.63) is 10.1 Å². The van der Waals surface area contributed by atoms with Crippen LogP contribution < -0.4 is 0 Å². The molecule has 0 rings (SSSR count). The van der Waals surface area contributed by atoms with Gasteiger partial charge >= 0.3 is 31.8 Å². The molecule has 0 saturated heterocycles. The first-order valence-electron chi connectivity index (χ1n) is 1.16. The van der Waals surface area contributed by atoms with Crippen molar-refractivity contribution in [1.82, 2.24) is 0 Å². The fourth-order valence-electron chi connectivity index (χ4n) is 0. The summed E-state index contributed by atoms with van der Waals surface area (Å²) in [6.07, 6.45) is 0. The molecule has 0 aliphatic carbocycles. The van der Waals surface area contributed by atoms with E-state index >= 15 is 0 Å². The average Bonchev–Trinajstić information content (AvgIpc) is 1.31. The van der Waals surface area contributed by atoms with Gasteiger partial charge in [0.1, 0.15) is 0 Å². The Morgan fingerprint density at radius 2 is 1.50 bits per heavy atom. The molecule has 0 aliphatic heterocycles. The van der Waals surface area contributed by atoms with Crippen LogP contribution in [-0.2, 0) is 0 Å². The van der Waals surface area contributed by atoms with E-state index < -0.39 is 7.19 Å². The SMILES string of the molecule is O=[N+]([O-])C(Br)(Br)Br.[NaH]. The zero-order valence-electron chi connectivity index (χ0n) is 2.90. The third kappa shape index (κ3) is 5.97. The van der Waals surface area contributed by atoms with Gasteiger partial charge in [0, 0.05) is 47.8 Å². The van der Waals surface area contributed by atoms with Crippen molar-refractivity contribution >= 4 is 77.3 Å². The summed E-state index contributed by atoms with van der Waals surface area (Å²) >= 11 is 8.03. The van der Waals surface area contributed by atoms with Crippen molar-refractivity contribution in [3.8, 4) is 0 Å². The molecule has 0 atom stereocenters. The predicted octanol–water partition coefficient (Wildman–Crippen LogP) is 1.41. The quantitative estimate of drug-likeness (QED) is 0.223. The summed E-state index contributed by atoms with van der Waals surface area (Å²) in [7, 11) is 0. The number of nitrogens with zero attached hydrogens (tertiary/aromatic N) is 1. The molecule has 8 heavy (non-hydrogen) atoms. The Balaban J connectivity index is 0. The van der Waals surface area contributed by atoms with Gasteiger partial charge in [-0.3, -0.25) is 10.1 Å². The Morgan fingerprint density at radius 3 is 1.50 bits per heavy atom. The number of halogens is 3. The average molecular weight is 322 g/mol. The molecule has 0 aliphatic rings. The van der Waals surface area contributed by atoms with E-state index in [9.17, 15) is 10.1 Å². The van der Waals surface area contributed by atoms with E-state index in [0.29, 0.717) is 0 Å². The minimum atomic E-state index is -1.34. The second-order valence-corrected chi connectivity index (χ2v) is 7.36. The number of alkyl halides is 3. The predicted molar refractivity (Wildman–Crippen MR) is 43.7 cm³/mol. The van der Waals surface area contributed by atoms with Crippen LogP contribution in [0.3, 0.4) is 0 Å². The summed E-state index contributed by atoms with van der Waals surface area (Å²) in [4.78, 5) is 9.12. The first kappa shape index (κ1) is 12.5. The van der Waals surface area contributed by atoms with Gasteiger partial charge < -0.3 is 0 Å². The van der Waals surface area contributed by atoms with Gasteiger partial charge in [0.25, 0.3) is 0 Å². The van der Waals surface area contributed by atoms with E-state index in [1.165, 1.54) is 0 Å². The van der Waals surface area contributed by atoms with Crippen LogP contribution in [0.5, 0.6) is 0 Å². The second kappa shape index (κ2) is 4.62. The van der Waals surface area contributed by atoms with Crippen molar-refractivity contribution in [2.75, 3.05) is 0 Å². The number of nitro groups is 1. The molecular formula is CHBr3NNaO2. The molecule has 0 fully saturated rings. The molecular weight excluding hydrogens is 321 g/mol. The van der Waals surface area contributed by atoms with Crippen LogP contribution in [0.15, 0.2) is 0 Å². The first-order chi connectivity index (χ1) is 2.94. The topological polar surface area (TPSA) is 43.1 Å². The summed E-state index contributed by atoms with van der Waals surface area (Å²) in [6.45, 7) is 0. The van der Waals surface area contributed by atoms with Gasteiger partial charge in [-0.05, 0) is 0 Å². The van der Waals surface area contributed by atoms with E-state index in [2.05, 4.69) is 47.8 Å². The van der Waals surface area contributed by atoms with Gasteiger partial charge in [-0.15, -0.1) is 0 Å². The summed E-state index contributed by atoms with van der Waals surface area (Å²) < 4.78 is -1.34.